The van der Waals surface area contributed by atoms with E-state index in [2.05, 4.69) is 0 Å². The van der Waals surface area contributed by atoms with Crippen LogP contribution in [0.1, 0.15) is 38.1 Å². The number of carbonyl (C=O) groups is 1. The fourth-order valence-corrected chi connectivity index (χ4v) is 6.93. The second kappa shape index (κ2) is 12.8. The molecule has 2 heterocycles. The van der Waals surface area contributed by atoms with Gasteiger partial charge in [-0.2, -0.15) is 4.31 Å². The zero-order valence-electron chi connectivity index (χ0n) is 23.2. The van der Waals surface area contributed by atoms with E-state index in [1.54, 1.807) is 17.0 Å². The second-order valence-corrected chi connectivity index (χ2v) is 13.5. The molecule has 2 aromatic carbocycles. The van der Waals surface area contributed by atoms with Gasteiger partial charge in [-0.15, -0.1) is 12.4 Å². The fraction of sp³-hybridized carbons (Fsp3) is 0.481. The first-order chi connectivity index (χ1) is 18.0. The van der Waals surface area contributed by atoms with Crippen LogP contribution in [0.5, 0.6) is 11.5 Å². The van der Waals surface area contributed by atoms with Crippen LogP contribution in [-0.4, -0.2) is 75.6 Å². The fourth-order valence-electron chi connectivity index (χ4n) is 4.17. The van der Waals surface area contributed by atoms with E-state index in [9.17, 15) is 13.2 Å². The first-order valence-corrected chi connectivity index (χ1v) is 15.0. The number of ether oxygens (including phenoxy) is 2. The molecule has 1 amide bonds. The Bertz CT molecular complexity index is 1340. The third-order valence-electron chi connectivity index (χ3n) is 5.99. The average molecular weight is 597 g/mol. The summed E-state index contributed by atoms with van der Waals surface area (Å²) in [4.78, 5) is 22.2. The van der Waals surface area contributed by atoms with Crippen molar-refractivity contribution in [1.82, 2.24) is 14.2 Å². The zero-order chi connectivity index (χ0) is 27.6. The molecule has 1 aliphatic rings. The highest BCUT2D eigenvalue weighted by atomic mass is 35.5. The van der Waals surface area contributed by atoms with E-state index < -0.39 is 10.0 Å². The van der Waals surface area contributed by atoms with Gasteiger partial charge >= 0.3 is 0 Å². The molecule has 0 unspecified atom stereocenters. The van der Waals surface area contributed by atoms with Gasteiger partial charge in [0.25, 0.3) is 5.91 Å². The van der Waals surface area contributed by atoms with Crippen molar-refractivity contribution in [2.45, 2.75) is 32.6 Å². The Morgan fingerprint density at radius 2 is 1.56 bits per heavy atom. The lowest BCUT2D eigenvalue weighted by Crippen LogP contribution is -2.37. The number of fused-ring (bicyclic) bond motifs is 2. The molecule has 39 heavy (non-hydrogen) atoms. The second-order valence-electron chi connectivity index (χ2n) is 10.6. The number of benzene rings is 2. The molecule has 0 saturated heterocycles. The summed E-state index contributed by atoms with van der Waals surface area (Å²) in [5, 5.41) is 0.562. The summed E-state index contributed by atoms with van der Waals surface area (Å²) in [5.41, 5.74) is 1.13. The first-order valence-electron chi connectivity index (χ1n) is 12.7. The van der Waals surface area contributed by atoms with Crippen molar-refractivity contribution in [3.05, 3.63) is 42.0 Å². The molecule has 3 aromatic rings. The molecule has 1 aromatic heterocycles. The standard InChI is InChI=1S/C27H36N4O5S2.ClH/c1-18(2)15-30(16-19(3)4)38(33,34)21-9-7-20(8-10-21)26(32)31(12-11-29(5)6)27-28-22-13-23-24(36-17-35-23)14-25(22)37-27;/h7-10,13-14,18-19H,11-12,15-17H2,1-6H3;1H. The minimum atomic E-state index is -3.68. The normalized spacial score (nSPS) is 13.1. The van der Waals surface area contributed by atoms with Crippen molar-refractivity contribution in [3.8, 4) is 11.5 Å². The number of rotatable bonds is 11. The summed E-state index contributed by atoms with van der Waals surface area (Å²) in [6.45, 7) is 10.1. The van der Waals surface area contributed by atoms with Gasteiger partial charge in [-0.05, 0) is 50.2 Å². The van der Waals surface area contributed by atoms with Crippen LogP contribution in [0.3, 0.4) is 0 Å². The Hall–Kier alpha value is -2.44. The SMILES string of the molecule is CC(C)CN(CC(C)C)S(=O)(=O)c1ccc(C(=O)N(CCN(C)C)c2nc3cc4c(cc3s2)OCO4)cc1.Cl. The lowest BCUT2D eigenvalue weighted by Gasteiger charge is -2.26. The minimum absolute atomic E-state index is 0. The van der Waals surface area contributed by atoms with Crippen molar-refractivity contribution in [2.24, 2.45) is 11.8 Å². The molecule has 12 heteroatoms. The number of aromatic nitrogens is 1. The molecular weight excluding hydrogens is 560 g/mol. The molecule has 1 aliphatic heterocycles. The number of hydrogen-bond acceptors (Lipinski definition) is 8. The van der Waals surface area contributed by atoms with Crippen LogP contribution in [0.4, 0.5) is 5.13 Å². The highest BCUT2D eigenvalue weighted by Crippen LogP contribution is 2.40. The van der Waals surface area contributed by atoms with Gasteiger partial charge in [0.15, 0.2) is 16.6 Å². The number of halogens is 1. The van der Waals surface area contributed by atoms with Crippen LogP contribution >= 0.6 is 23.7 Å². The maximum atomic E-state index is 13.7. The molecule has 0 atom stereocenters. The summed E-state index contributed by atoms with van der Waals surface area (Å²) in [6, 6.07) is 9.93. The summed E-state index contributed by atoms with van der Waals surface area (Å²) >= 11 is 1.41. The molecular formula is C27H37ClN4O5S2. The van der Waals surface area contributed by atoms with Crippen molar-refractivity contribution in [2.75, 3.05) is 52.0 Å². The van der Waals surface area contributed by atoms with Crippen molar-refractivity contribution in [3.63, 3.8) is 0 Å². The highest BCUT2D eigenvalue weighted by Gasteiger charge is 2.27. The zero-order valence-corrected chi connectivity index (χ0v) is 25.7. The van der Waals surface area contributed by atoms with E-state index in [1.165, 1.54) is 27.8 Å². The molecule has 0 bridgehead atoms. The molecule has 0 spiro atoms. The molecule has 214 valence electrons. The largest absolute Gasteiger partial charge is 0.454 e. The smallest absolute Gasteiger partial charge is 0.260 e. The van der Waals surface area contributed by atoms with Crippen LogP contribution in [-0.2, 0) is 10.0 Å². The van der Waals surface area contributed by atoms with Crippen molar-refractivity contribution < 1.29 is 22.7 Å². The average Bonchev–Trinajstić information content (AvgIpc) is 3.47. The van der Waals surface area contributed by atoms with Crippen LogP contribution in [0.2, 0.25) is 0 Å². The monoisotopic (exact) mass is 596 g/mol. The predicted octanol–water partition coefficient (Wildman–Crippen LogP) is 4.96. The minimum Gasteiger partial charge on any atom is -0.454 e. The molecule has 0 fully saturated rings. The predicted molar refractivity (Wildman–Crippen MR) is 158 cm³/mol. The lowest BCUT2D eigenvalue weighted by molar-refractivity contribution is 0.0985. The lowest BCUT2D eigenvalue weighted by atomic mass is 10.2. The Labute approximate surface area is 241 Å². The van der Waals surface area contributed by atoms with Gasteiger partial charge in [-0.3, -0.25) is 9.69 Å². The Morgan fingerprint density at radius 3 is 2.13 bits per heavy atom. The number of anilines is 1. The molecule has 0 radical (unpaired) electrons. The van der Waals surface area contributed by atoms with Gasteiger partial charge in [0.05, 0.1) is 15.1 Å². The van der Waals surface area contributed by atoms with Crippen LogP contribution in [0.25, 0.3) is 10.2 Å². The number of sulfonamides is 1. The van der Waals surface area contributed by atoms with E-state index in [0.29, 0.717) is 48.4 Å². The van der Waals surface area contributed by atoms with E-state index in [-0.39, 0.29) is 41.8 Å². The third kappa shape index (κ3) is 7.20. The number of hydrogen-bond donors (Lipinski definition) is 0. The van der Waals surface area contributed by atoms with E-state index in [1.807, 2.05) is 58.8 Å². The van der Waals surface area contributed by atoms with Crippen LogP contribution < -0.4 is 14.4 Å². The topological polar surface area (TPSA) is 92.3 Å². The van der Waals surface area contributed by atoms with E-state index >= 15 is 0 Å². The summed E-state index contributed by atoms with van der Waals surface area (Å²) in [6.07, 6.45) is 0. The summed E-state index contributed by atoms with van der Waals surface area (Å²) < 4.78 is 40.2. The quantitative estimate of drug-likeness (QED) is 0.309. The first kappa shape index (κ1) is 31.1. The number of nitrogens with zero attached hydrogens (tertiary/aromatic N) is 4. The maximum Gasteiger partial charge on any atom is 0.260 e. The number of carbonyl (C=O) groups excluding carboxylic acids is 1. The number of likely N-dealkylation sites (N-methyl/N-ethyl adjacent to an activating group) is 1. The van der Waals surface area contributed by atoms with Gasteiger partial charge in [0, 0.05) is 43.9 Å². The van der Waals surface area contributed by atoms with Crippen LogP contribution in [0, 0.1) is 11.8 Å². The van der Waals surface area contributed by atoms with Gasteiger partial charge in [-0.1, -0.05) is 39.0 Å². The third-order valence-corrected chi connectivity index (χ3v) is 8.88. The Balaban J connectivity index is 0.00000420. The summed E-state index contributed by atoms with van der Waals surface area (Å²) in [7, 11) is 0.206. The molecule has 0 saturated carbocycles. The van der Waals surface area contributed by atoms with Gasteiger partial charge in [-0.25, -0.2) is 13.4 Å². The Morgan fingerprint density at radius 1 is 0.974 bits per heavy atom. The summed E-state index contributed by atoms with van der Waals surface area (Å²) in [5.74, 6) is 1.46. The van der Waals surface area contributed by atoms with Crippen molar-refractivity contribution >= 4 is 55.0 Å². The molecule has 0 N–H and O–H groups in total. The Kier molecular flexibility index (Phi) is 10.2. The maximum absolute atomic E-state index is 13.7. The van der Waals surface area contributed by atoms with Gasteiger partial charge in [0.2, 0.25) is 16.8 Å². The van der Waals surface area contributed by atoms with E-state index in [0.717, 1.165) is 10.2 Å². The van der Waals surface area contributed by atoms with E-state index in [4.69, 9.17) is 14.5 Å². The highest BCUT2D eigenvalue weighted by molar-refractivity contribution is 7.89. The van der Waals surface area contributed by atoms with Gasteiger partial charge < -0.3 is 14.4 Å². The van der Waals surface area contributed by atoms with Gasteiger partial charge in [0.1, 0.15) is 0 Å². The number of thiazole rings is 1. The van der Waals surface area contributed by atoms with Crippen molar-refractivity contribution in [1.29, 1.82) is 0 Å². The molecule has 4 rings (SSSR count). The molecule has 9 nitrogen and oxygen atoms in total. The number of amides is 1. The molecule has 0 aliphatic carbocycles. The van der Waals surface area contributed by atoms with Crippen LogP contribution in [0.15, 0.2) is 41.3 Å².